The molecule has 4 heterocycles. The lowest BCUT2D eigenvalue weighted by atomic mass is 9.56. The summed E-state index contributed by atoms with van der Waals surface area (Å²) in [5, 5.41) is 11.0. The van der Waals surface area contributed by atoms with Gasteiger partial charge in [-0.2, -0.15) is 4.98 Å². The quantitative estimate of drug-likeness (QED) is 0.177. The molecule has 4 aliphatic rings. The minimum Gasteiger partial charge on any atom is -0.435 e. The fourth-order valence-corrected chi connectivity index (χ4v) is 8.11. The van der Waals surface area contributed by atoms with Crippen LogP contribution >= 0.6 is 11.6 Å². The average molecular weight is 841 g/mol. The molecule has 0 radical (unpaired) electrons. The molecule has 324 valence electrons. The zero-order valence-corrected chi connectivity index (χ0v) is 37.3. The van der Waals surface area contributed by atoms with Gasteiger partial charge in [0.15, 0.2) is 5.82 Å². The second-order valence-corrected chi connectivity index (χ2v) is 15.4. The number of rotatable bonds is 9. The van der Waals surface area contributed by atoms with E-state index >= 15 is 0 Å². The summed E-state index contributed by atoms with van der Waals surface area (Å²) in [6, 6.07) is 17.4. The number of benzene rings is 2. The van der Waals surface area contributed by atoms with E-state index in [4.69, 9.17) is 26.1 Å². The van der Waals surface area contributed by atoms with E-state index in [9.17, 15) is 13.2 Å². The van der Waals surface area contributed by atoms with E-state index in [1.165, 1.54) is 40.6 Å². The van der Waals surface area contributed by atoms with Crippen LogP contribution in [0.1, 0.15) is 115 Å². The van der Waals surface area contributed by atoms with Crippen molar-refractivity contribution in [1.29, 1.82) is 0 Å². The molecule has 0 bridgehead atoms. The lowest BCUT2D eigenvalue weighted by Crippen LogP contribution is -2.63. The highest BCUT2D eigenvalue weighted by molar-refractivity contribution is 6.28. The number of pyridine rings is 1. The highest BCUT2D eigenvalue weighted by atomic mass is 35.5. The van der Waals surface area contributed by atoms with E-state index in [2.05, 4.69) is 80.5 Å². The zero-order chi connectivity index (χ0) is 43.8. The number of carbonyl (C=O) groups excluding carboxylic acids is 1. The van der Waals surface area contributed by atoms with Crippen molar-refractivity contribution in [2.45, 2.75) is 125 Å². The number of carbonyl (C=O) groups is 1. The second kappa shape index (κ2) is 23.6. The van der Waals surface area contributed by atoms with E-state index < -0.39 is 17.7 Å². The van der Waals surface area contributed by atoms with Gasteiger partial charge in [-0.05, 0) is 90.7 Å². The van der Waals surface area contributed by atoms with Crippen molar-refractivity contribution in [3.05, 3.63) is 99.8 Å². The predicted molar refractivity (Wildman–Crippen MR) is 233 cm³/mol. The van der Waals surface area contributed by atoms with Gasteiger partial charge in [-0.1, -0.05) is 85.7 Å². The molecule has 8 rings (SSSR count). The highest BCUT2D eigenvalue weighted by Gasteiger charge is 2.53. The SMILES string of the molecule is C=O.CC.CC.CC.CNC(C)C.Fc1ccc(Oc2nnc(Cl)nc2N2CC3(CC(Cc4ccnc5c4CN(Cc4ccccc4)CC5)C3)C2)c(C2CC(F)(F)C2)c1. The van der Waals surface area contributed by atoms with Gasteiger partial charge in [0.1, 0.15) is 18.4 Å². The number of hydrogen-bond acceptors (Lipinski definition) is 9. The topological polar surface area (TPSA) is 96.4 Å². The average Bonchev–Trinajstić information content (AvgIpc) is 3.22. The second-order valence-electron chi connectivity index (χ2n) is 15.1. The van der Waals surface area contributed by atoms with Crippen LogP contribution in [-0.2, 0) is 30.7 Å². The van der Waals surface area contributed by atoms with Gasteiger partial charge in [0.05, 0.1) is 0 Å². The van der Waals surface area contributed by atoms with Gasteiger partial charge in [0, 0.05) is 80.9 Å². The number of aromatic nitrogens is 4. The molecule has 13 heteroatoms. The first-order valence-electron chi connectivity index (χ1n) is 21.2. The Morgan fingerprint density at radius 2 is 1.59 bits per heavy atom. The third-order valence-electron chi connectivity index (χ3n) is 10.7. The molecule has 0 unspecified atom stereocenters. The number of alkyl halides is 2. The molecule has 2 aliphatic carbocycles. The molecule has 2 aromatic heterocycles. The molecule has 4 aromatic rings. The molecular formula is C46H65ClF3N7O2. The lowest BCUT2D eigenvalue weighted by molar-refractivity contribution is -0.0980. The summed E-state index contributed by atoms with van der Waals surface area (Å²) in [6.45, 7) is 22.7. The van der Waals surface area contributed by atoms with Crippen LogP contribution in [0.3, 0.4) is 0 Å². The molecule has 0 atom stereocenters. The van der Waals surface area contributed by atoms with Crippen molar-refractivity contribution in [1.82, 2.24) is 30.4 Å². The Labute approximate surface area is 355 Å². The Kier molecular flexibility index (Phi) is 19.7. The first-order valence-corrected chi connectivity index (χ1v) is 21.5. The van der Waals surface area contributed by atoms with Crippen molar-refractivity contribution in [3.63, 3.8) is 0 Å². The van der Waals surface area contributed by atoms with Crippen LogP contribution in [0, 0.1) is 17.2 Å². The smallest absolute Gasteiger partial charge is 0.282 e. The number of fused-ring (bicyclic) bond motifs is 1. The molecule has 1 saturated heterocycles. The minimum atomic E-state index is -2.74. The molecule has 2 saturated carbocycles. The number of anilines is 1. The summed E-state index contributed by atoms with van der Waals surface area (Å²) >= 11 is 6.15. The molecule has 1 spiro atoms. The summed E-state index contributed by atoms with van der Waals surface area (Å²) in [7, 11) is 1.95. The third kappa shape index (κ3) is 13.2. The standard InChI is InChI=1S/C35H34ClF3N6O.C4H11N.3C2H6.CH2O/c36-33-41-31(32(42-43-33)46-30-7-6-26(37)13-27(30)25-16-35(38,39)17-25)45-20-34(21-45)14-23(15-34)12-24-8-10-40-29-9-11-44(19-28(24)29)18-22-4-2-1-3-5-22;1-4(2)5-3;4*1-2/h1-8,10,13,23,25H,9,11-12,14-21H2;4-5H,1-3H3;3*1-2H3;1H2. The van der Waals surface area contributed by atoms with E-state index in [1.807, 2.05) is 61.6 Å². The fraction of sp³-hybridized carbons (Fsp3) is 0.543. The van der Waals surface area contributed by atoms with Crippen LogP contribution in [0.15, 0.2) is 60.8 Å². The predicted octanol–water partition coefficient (Wildman–Crippen LogP) is 10.9. The maximum Gasteiger partial charge on any atom is 0.282 e. The van der Waals surface area contributed by atoms with E-state index in [1.54, 1.807) is 0 Å². The van der Waals surface area contributed by atoms with Gasteiger partial charge in [-0.3, -0.25) is 9.88 Å². The van der Waals surface area contributed by atoms with Gasteiger partial charge in [0.25, 0.3) is 5.88 Å². The van der Waals surface area contributed by atoms with Crippen LogP contribution in [0.4, 0.5) is 19.0 Å². The molecule has 59 heavy (non-hydrogen) atoms. The van der Waals surface area contributed by atoms with Crippen molar-refractivity contribution in [2.75, 3.05) is 31.6 Å². The van der Waals surface area contributed by atoms with E-state index in [0.717, 1.165) is 58.4 Å². The van der Waals surface area contributed by atoms with Crippen LogP contribution in [0.5, 0.6) is 11.6 Å². The van der Waals surface area contributed by atoms with Gasteiger partial charge >= 0.3 is 0 Å². The summed E-state index contributed by atoms with van der Waals surface area (Å²) in [5.74, 6) is -2.25. The van der Waals surface area contributed by atoms with Gasteiger partial charge in [-0.15, -0.1) is 10.2 Å². The number of hydrogen-bond donors (Lipinski definition) is 1. The van der Waals surface area contributed by atoms with E-state index in [-0.39, 0.29) is 35.2 Å². The lowest BCUT2D eigenvalue weighted by Gasteiger charge is -2.59. The van der Waals surface area contributed by atoms with Gasteiger partial charge in [0.2, 0.25) is 11.2 Å². The number of nitrogens with one attached hydrogen (secondary N) is 1. The van der Waals surface area contributed by atoms with Gasteiger partial charge in [-0.25, -0.2) is 13.2 Å². The van der Waals surface area contributed by atoms with Crippen molar-refractivity contribution in [2.24, 2.45) is 11.3 Å². The molecule has 9 nitrogen and oxygen atoms in total. The van der Waals surface area contributed by atoms with Crippen LogP contribution in [0.2, 0.25) is 5.28 Å². The number of nitrogens with zero attached hydrogens (tertiary/aromatic N) is 6. The van der Waals surface area contributed by atoms with Crippen LogP contribution < -0.4 is 15.0 Å². The Morgan fingerprint density at radius 3 is 2.20 bits per heavy atom. The number of halogens is 4. The largest absolute Gasteiger partial charge is 0.435 e. The summed E-state index contributed by atoms with van der Waals surface area (Å²) in [4.78, 5) is 21.8. The van der Waals surface area contributed by atoms with E-state index in [0.29, 0.717) is 23.3 Å². The maximum absolute atomic E-state index is 14.1. The maximum atomic E-state index is 14.1. The van der Waals surface area contributed by atoms with Crippen LogP contribution in [-0.4, -0.2) is 70.5 Å². The Bertz CT molecular complexity index is 1850. The molecular weight excluding hydrogens is 775 g/mol. The van der Waals surface area contributed by atoms with Crippen molar-refractivity contribution >= 4 is 24.2 Å². The van der Waals surface area contributed by atoms with Gasteiger partial charge < -0.3 is 19.7 Å². The summed E-state index contributed by atoms with van der Waals surface area (Å²) in [5.41, 5.74) is 5.99. The molecule has 1 N–H and O–H groups in total. The first kappa shape index (κ1) is 49.2. The molecule has 2 aliphatic heterocycles. The third-order valence-corrected chi connectivity index (χ3v) is 10.9. The summed E-state index contributed by atoms with van der Waals surface area (Å²) < 4.78 is 47.4. The molecule has 2 aromatic carbocycles. The monoisotopic (exact) mass is 839 g/mol. The van der Waals surface area contributed by atoms with Crippen molar-refractivity contribution < 1.29 is 22.7 Å². The highest BCUT2D eigenvalue weighted by Crippen LogP contribution is 2.55. The van der Waals surface area contributed by atoms with Crippen LogP contribution in [0.25, 0.3) is 0 Å². The molecule has 0 amide bonds. The normalized spacial score (nSPS) is 17.2. The Balaban J connectivity index is 0.000000644. The number of ether oxygens (including phenoxy) is 1. The Hall–Kier alpha value is -4.13. The summed E-state index contributed by atoms with van der Waals surface area (Å²) in [6.07, 6.45) is 5.56. The first-order chi connectivity index (χ1) is 28.5. The van der Waals surface area contributed by atoms with Crippen molar-refractivity contribution in [3.8, 4) is 11.6 Å². The minimum absolute atomic E-state index is 0.00322. The fourth-order valence-electron chi connectivity index (χ4n) is 7.99. The molecule has 3 fully saturated rings. The Morgan fingerprint density at radius 1 is 0.949 bits per heavy atom. The zero-order valence-electron chi connectivity index (χ0n) is 36.5.